The molecule has 0 saturated heterocycles. The van der Waals surface area contributed by atoms with Gasteiger partial charge in [-0.1, -0.05) is 80.8 Å². The van der Waals surface area contributed by atoms with Crippen molar-refractivity contribution in [2.24, 2.45) is 0 Å². The van der Waals surface area contributed by atoms with E-state index in [1.54, 1.807) is 6.20 Å². The van der Waals surface area contributed by atoms with Crippen molar-refractivity contribution in [3.63, 3.8) is 0 Å². The zero-order valence-corrected chi connectivity index (χ0v) is 30.3. The molecule has 0 aliphatic carbocycles. The van der Waals surface area contributed by atoms with E-state index in [0.29, 0.717) is 11.5 Å². The Kier molecular flexibility index (Phi) is 7.13. The van der Waals surface area contributed by atoms with Gasteiger partial charge in [0.2, 0.25) is 5.78 Å². The van der Waals surface area contributed by atoms with E-state index in [2.05, 4.69) is 115 Å². The minimum Gasteiger partial charge on any atom is -0.502 e. The largest absolute Gasteiger partial charge is 2.00 e. The maximum Gasteiger partial charge on any atom is 2.00 e. The van der Waals surface area contributed by atoms with Crippen molar-refractivity contribution in [1.29, 1.82) is 0 Å². The topological polar surface area (TPSA) is 61.7 Å². The minimum atomic E-state index is -0.0237. The predicted octanol–water partition coefficient (Wildman–Crippen LogP) is 10.1. The number of nitrogens with zero attached hydrogens (tertiary/aromatic N) is 6. The van der Waals surface area contributed by atoms with Crippen LogP contribution >= 0.6 is 0 Å². The van der Waals surface area contributed by atoms with Gasteiger partial charge in [-0.15, -0.1) is 29.8 Å². The third-order valence-corrected chi connectivity index (χ3v) is 9.55. The van der Waals surface area contributed by atoms with Crippen LogP contribution in [0.4, 0.5) is 0 Å². The number of rotatable bonds is 4. The Hall–Kier alpha value is -5.78. The molecule has 4 aromatic carbocycles. The number of imidazole rings is 2. The van der Waals surface area contributed by atoms with Crippen LogP contribution in [0.5, 0.6) is 11.5 Å². The first-order valence-corrected chi connectivity index (χ1v) is 16.7. The zero-order valence-electron chi connectivity index (χ0n) is 28.0. The summed E-state index contributed by atoms with van der Waals surface area (Å²) in [6.07, 6.45) is 5.80. The van der Waals surface area contributed by atoms with Crippen LogP contribution in [0.1, 0.15) is 26.3 Å². The van der Waals surface area contributed by atoms with Crippen LogP contribution in [0, 0.1) is 12.1 Å². The molecule has 248 valence electrons. The van der Waals surface area contributed by atoms with Crippen LogP contribution in [0.2, 0.25) is 0 Å². The van der Waals surface area contributed by atoms with Gasteiger partial charge >= 0.3 is 21.1 Å². The third kappa shape index (κ3) is 4.95. The molecule has 10 aromatic rings. The number of ether oxygens (including phenoxy) is 1. The van der Waals surface area contributed by atoms with Gasteiger partial charge in [0.05, 0.1) is 22.3 Å². The average Bonchev–Trinajstić information content (AvgIpc) is 3.80. The molecule has 10 rings (SSSR count). The third-order valence-electron chi connectivity index (χ3n) is 9.55. The molecule has 0 spiro atoms. The van der Waals surface area contributed by atoms with Crippen LogP contribution in [-0.2, 0) is 26.5 Å². The van der Waals surface area contributed by atoms with Gasteiger partial charge in [0.15, 0.2) is 0 Å². The van der Waals surface area contributed by atoms with E-state index in [4.69, 9.17) is 19.7 Å². The average molecular weight is 842 g/mol. The SMILES string of the molecule is CC(C)(C)c1ccnc(-c2[c-]c(Oc3[c-]c4c(cc3)n3c5ccccc5nc3n4-c3ccccn3)c3c(ccn4c5ccccc5cc34)c2)c1.[Pt+2]. The summed E-state index contributed by atoms with van der Waals surface area (Å²) in [4.78, 5) is 14.5. The van der Waals surface area contributed by atoms with Crippen molar-refractivity contribution in [2.45, 2.75) is 26.2 Å². The van der Waals surface area contributed by atoms with Gasteiger partial charge in [0.25, 0.3) is 0 Å². The molecule has 6 aromatic heterocycles. The van der Waals surface area contributed by atoms with E-state index in [1.807, 2.05) is 53.2 Å². The molecule has 0 N–H and O–H groups in total. The number of hydrogen-bond acceptors (Lipinski definition) is 4. The molecule has 0 aliphatic rings. The minimum absolute atomic E-state index is 0. The molecule has 6 heterocycles. The molecule has 0 atom stereocenters. The molecule has 0 aliphatic heterocycles. The Balaban J connectivity index is 0.00000348. The van der Waals surface area contributed by atoms with Gasteiger partial charge in [-0.3, -0.25) is 4.57 Å². The van der Waals surface area contributed by atoms with Gasteiger partial charge in [-0.2, -0.15) is 0 Å². The van der Waals surface area contributed by atoms with Gasteiger partial charge in [0.1, 0.15) is 5.82 Å². The molecule has 0 saturated carbocycles. The quantitative estimate of drug-likeness (QED) is 0.166. The number of para-hydroxylation sites is 3. The van der Waals surface area contributed by atoms with Crippen molar-refractivity contribution in [3.05, 3.63) is 145 Å². The number of fused-ring (bicyclic) bond motifs is 10. The smallest absolute Gasteiger partial charge is 0.502 e. The summed E-state index contributed by atoms with van der Waals surface area (Å²) in [5, 5.41) is 3.16. The number of aromatic nitrogens is 6. The second-order valence-corrected chi connectivity index (χ2v) is 13.7. The van der Waals surface area contributed by atoms with Crippen molar-refractivity contribution in [1.82, 2.24) is 28.3 Å². The van der Waals surface area contributed by atoms with Crippen molar-refractivity contribution >= 4 is 55.0 Å². The van der Waals surface area contributed by atoms with Crippen LogP contribution in [0.15, 0.2) is 128 Å². The molecule has 8 heteroatoms. The molecule has 0 fully saturated rings. The molecule has 0 amide bonds. The van der Waals surface area contributed by atoms with E-state index in [0.717, 1.165) is 72.1 Å². The van der Waals surface area contributed by atoms with Gasteiger partial charge < -0.3 is 18.5 Å². The van der Waals surface area contributed by atoms with Crippen LogP contribution in [-0.4, -0.2) is 28.3 Å². The fraction of sp³-hybridized carbons (Fsp3) is 0.0930. The Labute approximate surface area is 308 Å². The van der Waals surface area contributed by atoms with Crippen LogP contribution in [0.25, 0.3) is 72.1 Å². The fourth-order valence-corrected chi connectivity index (χ4v) is 7.10. The maximum absolute atomic E-state index is 6.90. The second kappa shape index (κ2) is 11.6. The van der Waals surface area contributed by atoms with E-state index in [1.165, 1.54) is 5.56 Å². The Morgan fingerprint density at radius 2 is 1.51 bits per heavy atom. The maximum atomic E-state index is 6.90. The Morgan fingerprint density at radius 3 is 2.35 bits per heavy atom. The van der Waals surface area contributed by atoms with Gasteiger partial charge in [-0.05, 0) is 80.9 Å². The molecule has 7 nitrogen and oxygen atoms in total. The van der Waals surface area contributed by atoms with Crippen molar-refractivity contribution < 1.29 is 25.8 Å². The summed E-state index contributed by atoms with van der Waals surface area (Å²) in [6, 6.07) is 44.5. The number of benzene rings is 4. The molecule has 51 heavy (non-hydrogen) atoms. The molecule has 0 radical (unpaired) electrons. The monoisotopic (exact) mass is 841 g/mol. The Morgan fingerprint density at radius 1 is 0.686 bits per heavy atom. The fourth-order valence-electron chi connectivity index (χ4n) is 7.10. The molecule has 0 unspecified atom stereocenters. The summed E-state index contributed by atoms with van der Waals surface area (Å²) in [5.41, 5.74) is 8.78. The summed E-state index contributed by atoms with van der Waals surface area (Å²) in [6.45, 7) is 6.64. The molecular formula is C43H30N6OPt. The summed E-state index contributed by atoms with van der Waals surface area (Å²) < 4.78 is 13.3. The van der Waals surface area contributed by atoms with Crippen LogP contribution in [0.3, 0.4) is 0 Å². The van der Waals surface area contributed by atoms with Crippen molar-refractivity contribution in [2.75, 3.05) is 0 Å². The summed E-state index contributed by atoms with van der Waals surface area (Å²) in [5.74, 6) is 2.68. The zero-order chi connectivity index (χ0) is 33.6. The first-order valence-electron chi connectivity index (χ1n) is 16.7. The normalized spacial score (nSPS) is 12.1. The van der Waals surface area contributed by atoms with Crippen molar-refractivity contribution in [3.8, 4) is 28.6 Å². The summed E-state index contributed by atoms with van der Waals surface area (Å²) in [7, 11) is 0. The number of hydrogen-bond donors (Lipinski definition) is 0. The summed E-state index contributed by atoms with van der Waals surface area (Å²) >= 11 is 0. The standard InChI is InChI=1S/C43H30N6O.Pt/c1-43(2,3)30-17-20-44-33(25-30)29-22-28-18-21-47-34-12-6-4-10-27(34)23-38(47)41(28)39(24-29)50-31-15-16-36-37(26-31)49(40-14-8-9-19-45-40)42-46-32-11-5-7-13-35(32)48(36)42;/h4-23,25H,1-3H3;/q-2;+2. The predicted molar refractivity (Wildman–Crippen MR) is 199 cm³/mol. The second-order valence-electron chi connectivity index (χ2n) is 13.7. The first-order chi connectivity index (χ1) is 24.4. The number of pyridine rings is 3. The molecular weight excluding hydrogens is 812 g/mol. The van der Waals surface area contributed by atoms with E-state index in [9.17, 15) is 0 Å². The first kappa shape index (κ1) is 31.2. The van der Waals surface area contributed by atoms with Gasteiger partial charge in [0, 0.05) is 29.9 Å². The molecule has 0 bridgehead atoms. The Bertz CT molecular complexity index is 2950. The van der Waals surface area contributed by atoms with E-state index < -0.39 is 0 Å². The van der Waals surface area contributed by atoms with Gasteiger partial charge in [-0.25, -0.2) is 9.97 Å². The van der Waals surface area contributed by atoms with E-state index in [-0.39, 0.29) is 26.5 Å². The van der Waals surface area contributed by atoms with E-state index >= 15 is 0 Å². The van der Waals surface area contributed by atoms with Crippen LogP contribution < -0.4 is 4.74 Å².